The molecule has 2 aromatic carbocycles. The third kappa shape index (κ3) is 2.64. The highest BCUT2D eigenvalue weighted by atomic mass is 16.6. The number of rotatable bonds is 5. The molecule has 0 saturated heterocycles. The van der Waals surface area contributed by atoms with E-state index in [1.807, 2.05) is 0 Å². The predicted molar refractivity (Wildman–Crippen MR) is 104 cm³/mol. The first-order chi connectivity index (χ1) is 13.2. The number of esters is 1. The van der Waals surface area contributed by atoms with Crippen LogP contribution in [0.5, 0.6) is 0 Å². The third-order valence-corrected chi connectivity index (χ3v) is 6.47. The van der Waals surface area contributed by atoms with Gasteiger partial charge >= 0.3 is 5.97 Å². The minimum absolute atomic E-state index is 0.0449. The van der Waals surface area contributed by atoms with Crippen LogP contribution in [0.1, 0.15) is 30.9 Å². The fourth-order valence-corrected chi connectivity index (χ4v) is 5.12. The first kappa shape index (κ1) is 16.8. The van der Waals surface area contributed by atoms with E-state index in [1.165, 1.54) is 22.3 Å². The summed E-state index contributed by atoms with van der Waals surface area (Å²) in [5.74, 6) is 0.945. The molecule has 3 aliphatic carbocycles. The fourth-order valence-electron chi connectivity index (χ4n) is 5.12. The number of hydrogen-bond acceptors (Lipinski definition) is 3. The first-order valence-electron chi connectivity index (χ1n) is 9.85. The lowest BCUT2D eigenvalue weighted by Crippen LogP contribution is -2.28. The molecule has 2 bridgehead atoms. The zero-order valence-electron chi connectivity index (χ0n) is 15.6. The summed E-state index contributed by atoms with van der Waals surface area (Å²) in [6, 6.07) is 16.8. The maximum absolute atomic E-state index is 12.4. The molecule has 3 atom stereocenters. The zero-order valence-corrected chi connectivity index (χ0v) is 15.6. The van der Waals surface area contributed by atoms with Crippen molar-refractivity contribution >= 4 is 5.97 Å². The van der Waals surface area contributed by atoms with Crippen LogP contribution in [0.3, 0.4) is 0 Å². The molecule has 3 nitrogen and oxygen atoms in total. The predicted octanol–water partition coefficient (Wildman–Crippen LogP) is 4.70. The molecule has 3 unspecified atom stereocenters. The minimum Gasteiger partial charge on any atom is -0.463 e. The molecule has 0 aromatic heterocycles. The van der Waals surface area contributed by atoms with Crippen LogP contribution in [0.2, 0.25) is 0 Å². The number of fused-ring (bicyclic) bond motifs is 5. The zero-order chi connectivity index (χ0) is 18.4. The van der Waals surface area contributed by atoms with Gasteiger partial charge in [-0.1, -0.05) is 60.7 Å². The van der Waals surface area contributed by atoms with Crippen molar-refractivity contribution in [1.82, 2.24) is 0 Å². The Balaban J connectivity index is 1.26. The number of hydrogen-bond donors (Lipinski definition) is 0. The molecule has 1 saturated carbocycles. The van der Waals surface area contributed by atoms with E-state index in [1.54, 1.807) is 0 Å². The van der Waals surface area contributed by atoms with Crippen molar-refractivity contribution in [3.05, 3.63) is 71.8 Å². The second-order valence-electron chi connectivity index (χ2n) is 8.03. The van der Waals surface area contributed by atoms with E-state index in [4.69, 9.17) is 9.47 Å². The van der Waals surface area contributed by atoms with E-state index in [0.29, 0.717) is 25.0 Å². The molecule has 0 N–H and O–H groups in total. The van der Waals surface area contributed by atoms with E-state index >= 15 is 0 Å². The molecular formula is C24H24O3. The highest BCUT2D eigenvalue weighted by Crippen LogP contribution is 2.49. The van der Waals surface area contributed by atoms with Gasteiger partial charge in [-0.15, -0.1) is 0 Å². The van der Waals surface area contributed by atoms with Gasteiger partial charge in [0.25, 0.3) is 0 Å². The number of allylic oxidation sites excluding steroid dienone is 2. The van der Waals surface area contributed by atoms with E-state index < -0.39 is 5.60 Å². The summed E-state index contributed by atoms with van der Waals surface area (Å²) in [6.07, 6.45) is 6.48. The molecule has 1 fully saturated rings. The lowest BCUT2D eigenvalue weighted by Gasteiger charge is -2.28. The van der Waals surface area contributed by atoms with Crippen molar-refractivity contribution in [2.24, 2.45) is 17.8 Å². The fraction of sp³-hybridized carbons (Fsp3) is 0.375. The molecule has 0 heterocycles. The maximum atomic E-state index is 12.4. The van der Waals surface area contributed by atoms with Crippen LogP contribution < -0.4 is 0 Å². The molecule has 2 aromatic rings. The Bertz CT molecular complexity index is 868. The summed E-state index contributed by atoms with van der Waals surface area (Å²) >= 11 is 0. The Kier molecular flexibility index (Phi) is 3.94. The Morgan fingerprint density at radius 2 is 1.63 bits per heavy atom. The largest absolute Gasteiger partial charge is 0.463 e. The highest BCUT2D eigenvalue weighted by Gasteiger charge is 2.42. The Morgan fingerprint density at radius 3 is 2.22 bits per heavy atom. The van der Waals surface area contributed by atoms with E-state index in [2.05, 4.69) is 67.6 Å². The van der Waals surface area contributed by atoms with Crippen LogP contribution in [0.15, 0.2) is 60.7 Å². The molecule has 3 heteroatoms. The van der Waals surface area contributed by atoms with E-state index in [0.717, 1.165) is 12.8 Å². The van der Waals surface area contributed by atoms with Gasteiger partial charge in [0.1, 0.15) is 12.2 Å². The second kappa shape index (κ2) is 6.35. The van der Waals surface area contributed by atoms with Gasteiger partial charge in [0.2, 0.25) is 0 Å². The lowest BCUT2D eigenvalue weighted by atomic mass is 9.93. The number of ether oxygens (including phenoxy) is 2. The topological polar surface area (TPSA) is 35.5 Å². The normalized spacial score (nSPS) is 26.0. The van der Waals surface area contributed by atoms with Gasteiger partial charge in [0.05, 0.1) is 12.5 Å². The molecule has 5 rings (SSSR count). The van der Waals surface area contributed by atoms with Gasteiger partial charge in [-0.25, -0.2) is 0 Å². The Hall–Kier alpha value is -2.39. The summed E-state index contributed by atoms with van der Waals surface area (Å²) < 4.78 is 11.9. The van der Waals surface area contributed by atoms with Gasteiger partial charge in [-0.2, -0.15) is 0 Å². The number of carbonyl (C=O) groups is 1. The molecule has 0 aliphatic heterocycles. The molecule has 0 radical (unpaired) electrons. The molecule has 0 spiro atoms. The molecular weight excluding hydrogens is 336 g/mol. The van der Waals surface area contributed by atoms with Gasteiger partial charge in [-0.3, -0.25) is 4.79 Å². The van der Waals surface area contributed by atoms with E-state index in [9.17, 15) is 4.79 Å². The van der Waals surface area contributed by atoms with Crippen molar-refractivity contribution in [2.45, 2.75) is 25.4 Å². The standard InChI is InChI=1S/C24H24O3/c1-24(21-8-4-2-6-18(21)19-7-3-5-9-22(19)24)27-13-12-26-23(25)20-15-16-10-11-17(20)14-16/h2-11,16-17,20H,12-15H2,1H3. The monoisotopic (exact) mass is 360 g/mol. The molecule has 0 amide bonds. The maximum Gasteiger partial charge on any atom is 0.309 e. The number of carbonyl (C=O) groups excluding carboxylic acids is 1. The van der Waals surface area contributed by atoms with Crippen molar-refractivity contribution < 1.29 is 14.3 Å². The van der Waals surface area contributed by atoms with Gasteiger partial charge in [-0.05, 0) is 53.9 Å². The summed E-state index contributed by atoms with van der Waals surface area (Å²) in [7, 11) is 0. The van der Waals surface area contributed by atoms with Crippen molar-refractivity contribution in [3.8, 4) is 11.1 Å². The molecule has 138 valence electrons. The van der Waals surface area contributed by atoms with Crippen LogP contribution in [-0.4, -0.2) is 19.2 Å². The van der Waals surface area contributed by atoms with Gasteiger partial charge in [0, 0.05) is 0 Å². The van der Waals surface area contributed by atoms with Crippen molar-refractivity contribution in [2.75, 3.05) is 13.2 Å². The second-order valence-corrected chi connectivity index (χ2v) is 8.03. The van der Waals surface area contributed by atoms with Crippen LogP contribution >= 0.6 is 0 Å². The van der Waals surface area contributed by atoms with Crippen LogP contribution in [-0.2, 0) is 19.9 Å². The SMILES string of the molecule is CC1(OCCOC(=O)C2CC3C=CC2C3)c2ccccc2-c2ccccc21. The summed E-state index contributed by atoms with van der Waals surface area (Å²) in [6.45, 7) is 2.80. The van der Waals surface area contributed by atoms with E-state index in [-0.39, 0.29) is 11.9 Å². The third-order valence-electron chi connectivity index (χ3n) is 6.47. The average Bonchev–Trinajstić information content (AvgIpc) is 3.40. The Morgan fingerprint density at radius 1 is 0.963 bits per heavy atom. The minimum atomic E-state index is -0.505. The summed E-state index contributed by atoms with van der Waals surface area (Å²) in [4.78, 5) is 12.4. The van der Waals surface area contributed by atoms with Crippen molar-refractivity contribution in [3.63, 3.8) is 0 Å². The average molecular weight is 360 g/mol. The molecule has 27 heavy (non-hydrogen) atoms. The van der Waals surface area contributed by atoms with Crippen LogP contribution in [0, 0.1) is 17.8 Å². The smallest absolute Gasteiger partial charge is 0.309 e. The highest BCUT2D eigenvalue weighted by molar-refractivity contribution is 5.79. The van der Waals surface area contributed by atoms with Gasteiger partial charge in [0.15, 0.2) is 0 Å². The summed E-state index contributed by atoms with van der Waals surface area (Å²) in [5, 5.41) is 0. The van der Waals surface area contributed by atoms with Crippen molar-refractivity contribution in [1.29, 1.82) is 0 Å². The first-order valence-corrected chi connectivity index (χ1v) is 9.85. The molecule has 3 aliphatic rings. The Labute approximate surface area is 160 Å². The van der Waals surface area contributed by atoms with Gasteiger partial charge < -0.3 is 9.47 Å². The number of benzene rings is 2. The van der Waals surface area contributed by atoms with Crippen LogP contribution in [0.4, 0.5) is 0 Å². The summed E-state index contributed by atoms with van der Waals surface area (Å²) in [5.41, 5.74) is 4.30. The van der Waals surface area contributed by atoms with Crippen LogP contribution in [0.25, 0.3) is 11.1 Å². The quantitative estimate of drug-likeness (QED) is 0.440. The lowest BCUT2D eigenvalue weighted by molar-refractivity contribution is -0.152.